The molecule has 5 nitrogen and oxygen atoms in total. The van der Waals surface area contributed by atoms with E-state index in [1.807, 2.05) is 24.9 Å². The number of carbonyl (C=O) groups is 2. The molecule has 0 unspecified atom stereocenters. The number of pyridine rings is 1. The van der Waals surface area contributed by atoms with Crippen molar-refractivity contribution in [2.45, 2.75) is 31.8 Å². The number of thioether (sulfide) groups is 1. The summed E-state index contributed by atoms with van der Waals surface area (Å²) in [6.45, 7) is 1.89. The van der Waals surface area contributed by atoms with Gasteiger partial charge in [0.2, 0.25) is 5.91 Å². The minimum absolute atomic E-state index is 0.0657. The molecule has 2 fully saturated rings. The van der Waals surface area contributed by atoms with Gasteiger partial charge in [0.05, 0.1) is 11.4 Å². The van der Waals surface area contributed by atoms with E-state index >= 15 is 0 Å². The molecule has 1 saturated carbocycles. The van der Waals surface area contributed by atoms with Gasteiger partial charge in [-0.2, -0.15) is 0 Å². The molecule has 2 heterocycles. The zero-order chi connectivity index (χ0) is 15.0. The number of amides is 2. The molecule has 0 bridgehead atoms. The summed E-state index contributed by atoms with van der Waals surface area (Å²) in [5, 5.41) is 0. The summed E-state index contributed by atoms with van der Waals surface area (Å²) in [6.07, 6.45) is 3.75. The lowest BCUT2D eigenvalue weighted by molar-refractivity contribution is -0.134. The monoisotopic (exact) mass is 305 g/mol. The maximum Gasteiger partial charge on any atom is 0.256 e. The molecule has 1 aromatic rings. The summed E-state index contributed by atoms with van der Waals surface area (Å²) in [7, 11) is 1.85. The van der Waals surface area contributed by atoms with E-state index in [2.05, 4.69) is 4.98 Å². The standard InChI is InChI=1S/C15H19N3O2S/c1-10-3-4-11(7-16-10)14(19)18-9-21-8-13(18)15(20)17(2)12-5-6-12/h3-4,7,12-13H,5-6,8-9H2,1-2H3/t13-/m0/s1. The molecule has 0 aromatic carbocycles. The normalized spacial score (nSPS) is 21.4. The Hall–Kier alpha value is -1.56. The van der Waals surface area contributed by atoms with E-state index in [4.69, 9.17) is 0 Å². The first-order chi connectivity index (χ1) is 10.1. The van der Waals surface area contributed by atoms with Gasteiger partial charge in [-0.05, 0) is 31.9 Å². The minimum atomic E-state index is -0.339. The van der Waals surface area contributed by atoms with Crippen molar-refractivity contribution in [1.82, 2.24) is 14.8 Å². The highest BCUT2D eigenvalue weighted by Gasteiger charge is 2.40. The Balaban J connectivity index is 1.75. The van der Waals surface area contributed by atoms with E-state index in [1.165, 1.54) is 0 Å². The van der Waals surface area contributed by atoms with Gasteiger partial charge in [0.15, 0.2) is 0 Å². The lowest BCUT2D eigenvalue weighted by Crippen LogP contribution is -2.48. The van der Waals surface area contributed by atoms with Crippen molar-refractivity contribution in [3.05, 3.63) is 29.6 Å². The van der Waals surface area contributed by atoms with Gasteiger partial charge in [-0.25, -0.2) is 0 Å². The maximum absolute atomic E-state index is 12.6. The van der Waals surface area contributed by atoms with Gasteiger partial charge >= 0.3 is 0 Å². The molecule has 3 rings (SSSR count). The van der Waals surface area contributed by atoms with Crippen LogP contribution in [-0.2, 0) is 4.79 Å². The minimum Gasteiger partial charge on any atom is -0.341 e. The van der Waals surface area contributed by atoms with Crippen molar-refractivity contribution in [3.8, 4) is 0 Å². The van der Waals surface area contributed by atoms with Crippen LogP contribution in [0, 0.1) is 6.92 Å². The second-order valence-electron chi connectivity index (χ2n) is 5.66. The fourth-order valence-corrected chi connectivity index (χ4v) is 3.63. The van der Waals surface area contributed by atoms with Gasteiger partial charge in [-0.15, -0.1) is 11.8 Å². The Bertz CT molecular complexity index is 557. The quantitative estimate of drug-likeness (QED) is 0.850. The predicted octanol–water partition coefficient (Wildman–Crippen LogP) is 1.53. The highest BCUT2D eigenvalue weighted by atomic mass is 32.2. The zero-order valence-electron chi connectivity index (χ0n) is 12.3. The number of aromatic nitrogens is 1. The van der Waals surface area contributed by atoms with Crippen LogP contribution in [-0.4, -0.2) is 57.4 Å². The summed E-state index contributed by atoms with van der Waals surface area (Å²) < 4.78 is 0. The van der Waals surface area contributed by atoms with Gasteiger partial charge in [-0.1, -0.05) is 0 Å². The average molecular weight is 305 g/mol. The Labute approximate surface area is 128 Å². The molecule has 2 amide bonds. The highest BCUT2D eigenvalue weighted by molar-refractivity contribution is 7.99. The average Bonchev–Trinajstić information content (AvgIpc) is 3.23. The van der Waals surface area contributed by atoms with Crippen LogP contribution in [0.2, 0.25) is 0 Å². The number of carbonyl (C=O) groups excluding carboxylic acids is 2. The highest BCUT2D eigenvalue weighted by Crippen LogP contribution is 2.29. The first kappa shape index (κ1) is 14.4. The van der Waals surface area contributed by atoms with Crippen molar-refractivity contribution in [2.75, 3.05) is 18.7 Å². The summed E-state index contributed by atoms with van der Waals surface area (Å²) >= 11 is 1.63. The van der Waals surface area contributed by atoms with Crippen LogP contribution in [0.3, 0.4) is 0 Å². The molecule has 0 radical (unpaired) electrons. The summed E-state index contributed by atoms with van der Waals surface area (Å²) in [4.78, 5) is 32.8. The molecule has 1 aromatic heterocycles. The molecule has 1 atom stereocenters. The van der Waals surface area contributed by atoms with Crippen LogP contribution in [0.15, 0.2) is 18.3 Å². The van der Waals surface area contributed by atoms with E-state index < -0.39 is 0 Å². The Morgan fingerprint density at radius 3 is 2.76 bits per heavy atom. The molecule has 1 aliphatic heterocycles. The zero-order valence-corrected chi connectivity index (χ0v) is 13.1. The summed E-state index contributed by atoms with van der Waals surface area (Å²) in [5.41, 5.74) is 1.43. The number of rotatable bonds is 3. The van der Waals surface area contributed by atoms with Crippen LogP contribution in [0.1, 0.15) is 28.9 Å². The molecule has 2 aliphatic rings. The fraction of sp³-hybridized carbons (Fsp3) is 0.533. The fourth-order valence-electron chi connectivity index (χ4n) is 2.48. The molecule has 21 heavy (non-hydrogen) atoms. The number of likely N-dealkylation sites (N-methyl/N-ethyl adjacent to an activating group) is 1. The third-order valence-corrected chi connectivity index (χ3v) is 5.04. The van der Waals surface area contributed by atoms with Crippen molar-refractivity contribution in [3.63, 3.8) is 0 Å². The largest absolute Gasteiger partial charge is 0.341 e. The van der Waals surface area contributed by atoms with Crippen LogP contribution >= 0.6 is 11.8 Å². The van der Waals surface area contributed by atoms with E-state index in [1.54, 1.807) is 28.9 Å². The lowest BCUT2D eigenvalue weighted by atomic mass is 10.2. The van der Waals surface area contributed by atoms with Crippen molar-refractivity contribution in [2.24, 2.45) is 0 Å². The van der Waals surface area contributed by atoms with Gasteiger partial charge in [0.25, 0.3) is 5.91 Å². The van der Waals surface area contributed by atoms with Gasteiger partial charge < -0.3 is 9.80 Å². The van der Waals surface area contributed by atoms with Crippen molar-refractivity contribution in [1.29, 1.82) is 0 Å². The SMILES string of the molecule is Cc1ccc(C(=O)N2CSC[C@H]2C(=O)N(C)C2CC2)cn1. The maximum atomic E-state index is 12.6. The number of aryl methyl sites for hydroxylation is 1. The number of hydrogen-bond donors (Lipinski definition) is 0. The van der Waals surface area contributed by atoms with E-state index in [-0.39, 0.29) is 17.9 Å². The summed E-state index contributed by atoms with van der Waals surface area (Å²) in [6, 6.07) is 3.64. The molecular weight excluding hydrogens is 286 g/mol. The Kier molecular flexibility index (Phi) is 3.89. The first-order valence-electron chi connectivity index (χ1n) is 7.16. The molecular formula is C15H19N3O2S. The van der Waals surface area contributed by atoms with E-state index in [0.717, 1.165) is 18.5 Å². The topological polar surface area (TPSA) is 53.5 Å². The van der Waals surface area contributed by atoms with Gasteiger partial charge in [0.1, 0.15) is 6.04 Å². The Morgan fingerprint density at radius 1 is 1.38 bits per heavy atom. The van der Waals surface area contributed by atoms with E-state index in [0.29, 0.717) is 23.2 Å². The number of hydrogen-bond acceptors (Lipinski definition) is 4. The molecule has 6 heteroatoms. The molecule has 112 valence electrons. The third-order valence-electron chi connectivity index (χ3n) is 4.03. The van der Waals surface area contributed by atoms with Gasteiger partial charge in [0, 0.05) is 30.7 Å². The first-order valence-corrected chi connectivity index (χ1v) is 8.31. The van der Waals surface area contributed by atoms with Crippen molar-refractivity contribution >= 4 is 23.6 Å². The molecule has 0 spiro atoms. The lowest BCUT2D eigenvalue weighted by Gasteiger charge is -2.27. The molecule has 1 saturated heterocycles. The van der Waals surface area contributed by atoms with Crippen LogP contribution < -0.4 is 0 Å². The predicted molar refractivity (Wildman–Crippen MR) is 82.0 cm³/mol. The summed E-state index contributed by atoms with van der Waals surface area (Å²) in [5.74, 6) is 1.22. The number of nitrogens with zero attached hydrogens (tertiary/aromatic N) is 3. The third kappa shape index (κ3) is 2.90. The second kappa shape index (κ2) is 5.67. The van der Waals surface area contributed by atoms with Crippen LogP contribution in [0.4, 0.5) is 0 Å². The second-order valence-corrected chi connectivity index (χ2v) is 6.66. The van der Waals surface area contributed by atoms with E-state index in [9.17, 15) is 9.59 Å². The van der Waals surface area contributed by atoms with Crippen molar-refractivity contribution < 1.29 is 9.59 Å². The molecule has 0 N–H and O–H groups in total. The Morgan fingerprint density at radius 2 is 2.14 bits per heavy atom. The van der Waals surface area contributed by atoms with Crippen LogP contribution in [0.25, 0.3) is 0 Å². The smallest absolute Gasteiger partial charge is 0.256 e. The molecule has 1 aliphatic carbocycles. The van der Waals surface area contributed by atoms with Crippen LogP contribution in [0.5, 0.6) is 0 Å². The van der Waals surface area contributed by atoms with Gasteiger partial charge in [-0.3, -0.25) is 14.6 Å².